The van der Waals surface area contributed by atoms with Crippen molar-refractivity contribution in [1.82, 2.24) is 4.90 Å². The van der Waals surface area contributed by atoms with Gasteiger partial charge in [0.05, 0.1) is 5.56 Å². The van der Waals surface area contributed by atoms with E-state index >= 15 is 0 Å². The van der Waals surface area contributed by atoms with E-state index in [1.165, 1.54) is 4.88 Å². The van der Waals surface area contributed by atoms with Crippen LogP contribution in [0.25, 0.3) is 6.08 Å². The Morgan fingerprint density at radius 2 is 2.03 bits per heavy atom. The Hall–Kier alpha value is -2.60. The molecule has 4 nitrogen and oxygen atoms in total. The molecule has 5 rings (SSSR count). The maximum absolute atomic E-state index is 13.0. The summed E-state index contributed by atoms with van der Waals surface area (Å²) in [6.07, 6.45) is 2.75. The van der Waals surface area contributed by atoms with Crippen molar-refractivity contribution < 1.29 is 14.3 Å². The monoisotopic (exact) mass is 437 g/mol. The van der Waals surface area contributed by atoms with Gasteiger partial charge in [0, 0.05) is 34.1 Å². The highest BCUT2D eigenvalue weighted by molar-refractivity contribution is 7.09. The summed E-state index contributed by atoms with van der Waals surface area (Å²) in [5.41, 5.74) is 3.39. The van der Waals surface area contributed by atoms with Crippen LogP contribution in [0.15, 0.2) is 53.6 Å². The van der Waals surface area contributed by atoms with Crippen LogP contribution in [0, 0.1) is 6.92 Å². The van der Waals surface area contributed by atoms with Gasteiger partial charge in [-0.1, -0.05) is 29.8 Å². The van der Waals surface area contributed by atoms with Crippen molar-refractivity contribution in [2.75, 3.05) is 13.3 Å². The van der Waals surface area contributed by atoms with Crippen molar-refractivity contribution in [2.24, 2.45) is 0 Å². The van der Waals surface area contributed by atoms with Crippen molar-refractivity contribution in [3.63, 3.8) is 0 Å². The number of ketones is 1. The number of rotatable bonds is 4. The maximum atomic E-state index is 13.0. The van der Waals surface area contributed by atoms with Crippen molar-refractivity contribution in [3.8, 4) is 11.5 Å². The fraction of sp³-hybridized carbons (Fsp3) is 0.208. The van der Waals surface area contributed by atoms with Gasteiger partial charge < -0.3 is 9.47 Å². The molecular formula is C24H20ClNO3S. The molecule has 0 saturated carbocycles. The Labute approximate surface area is 184 Å². The van der Waals surface area contributed by atoms with E-state index < -0.39 is 0 Å². The SMILES string of the molecule is Cc1c2c(cc3c1O/C(=C\c1ccc(Cl)cc1)C3=O)CN(CCc1cccs1)CO2. The number of halogens is 1. The first-order valence-electron chi connectivity index (χ1n) is 9.82. The predicted molar refractivity (Wildman–Crippen MR) is 119 cm³/mol. The molecule has 0 bridgehead atoms. The zero-order chi connectivity index (χ0) is 20.7. The molecule has 6 heteroatoms. The van der Waals surface area contributed by atoms with E-state index in [1.54, 1.807) is 29.5 Å². The molecule has 3 heterocycles. The van der Waals surface area contributed by atoms with Gasteiger partial charge in [-0.05, 0) is 54.6 Å². The van der Waals surface area contributed by atoms with E-state index in [2.05, 4.69) is 22.4 Å². The number of carbonyl (C=O) groups excluding carboxylic acids is 1. The number of benzene rings is 2. The quantitative estimate of drug-likeness (QED) is 0.489. The van der Waals surface area contributed by atoms with E-state index in [0.29, 0.717) is 28.8 Å². The van der Waals surface area contributed by atoms with Crippen LogP contribution in [0.3, 0.4) is 0 Å². The number of ether oxygens (including phenoxy) is 2. The van der Waals surface area contributed by atoms with Crippen LogP contribution in [0.1, 0.15) is 31.9 Å². The number of hydrogen-bond donors (Lipinski definition) is 0. The largest absolute Gasteiger partial charge is 0.477 e. The average Bonchev–Trinajstić information content (AvgIpc) is 3.38. The molecule has 0 radical (unpaired) electrons. The van der Waals surface area contributed by atoms with Crippen molar-refractivity contribution in [3.05, 3.63) is 85.8 Å². The number of thiophene rings is 1. The lowest BCUT2D eigenvalue weighted by Gasteiger charge is -2.30. The van der Waals surface area contributed by atoms with Gasteiger partial charge in [0.2, 0.25) is 5.78 Å². The molecule has 0 saturated heterocycles. The molecule has 1 aromatic heterocycles. The zero-order valence-electron chi connectivity index (χ0n) is 16.5. The molecule has 0 atom stereocenters. The molecule has 152 valence electrons. The Balaban J connectivity index is 1.38. The molecule has 0 fully saturated rings. The molecule has 0 spiro atoms. The van der Waals surface area contributed by atoms with Crippen molar-refractivity contribution in [1.29, 1.82) is 0 Å². The second-order valence-electron chi connectivity index (χ2n) is 7.51. The number of nitrogens with zero attached hydrogens (tertiary/aromatic N) is 1. The average molecular weight is 438 g/mol. The first-order valence-corrected chi connectivity index (χ1v) is 11.1. The highest BCUT2D eigenvalue weighted by Crippen LogP contribution is 2.43. The first kappa shape index (κ1) is 19.4. The molecule has 0 aliphatic carbocycles. The highest BCUT2D eigenvalue weighted by atomic mass is 35.5. The van der Waals surface area contributed by atoms with Gasteiger partial charge >= 0.3 is 0 Å². The first-order chi connectivity index (χ1) is 14.6. The minimum absolute atomic E-state index is 0.0958. The van der Waals surface area contributed by atoms with E-state index in [0.717, 1.165) is 42.0 Å². The fourth-order valence-corrected chi connectivity index (χ4v) is 4.70. The molecular weight excluding hydrogens is 418 g/mol. The lowest BCUT2D eigenvalue weighted by atomic mass is 10.00. The minimum atomic E-state index is -0.0958. The second kappa shape index (κ2) is 7.91. The molecule has 0 unspecified atom stereocenters. The lowest BCUT2D eigenvalue weighted by Crippen LogP contribution is -2.34. The summed E-state index contributed by atoms with van der Waals surface area (Å²) in [6.45, 7) is 4.18. The molecule has 2 aliphatic heterocycles. The summed E-state index contributed by atoms with van der Waals surface area (Å²) in [5.74, 6) is 1.67. The second-order valence-corrected chi connectivity index (χ2v) is 8.98. The van der Waals surface area contributed by atoms with Crippen LogP contribution in [-0.2, 0) is 13.0 Å². The van der Waals surface area contributed by atoms with Gasteiger partial charge in [0.25, 0.3) is 0 Å². The number of Topliss-reactive ketones (excluding diaryl/α,β-unsaturated/α-hetero) is 1. The van der Waals surface area contributed by atoms with Crippen LogP contribution in [0.5, 0.6) is 11.5 Å². The van der Waals surface area contributed by atoms with E-state index in [9.17, 15) is 4.79 Å². The highest BCUT2D eigenvalue weighted by Gasteiger charge is 2.33. The summed E-state index contributed by atoms with van der Waals surface area (Å²) in [4.78, 5) is 16.6. The van der Waals surface area contributed by atoms with E-state index in [-0.39, 0.29) is 5.78 Å². The Morgan fingerprint density at radius 3 is 2.80 bits per heavy atom. The van der Waals surface area contributed by atoms with Gasteiger partial charge in [0.1, 0.15) is 18.2 Å². The van der Waals surface area contributed by atoms with Gasteiger partial charge in [-0.3, -0.25) is 9.69 Å². The topological polar surface area (TPSA) is 38.8 Å². The fourth-order valence-electron chi connectivity index (χ4n) is 3.87. The van der Waals surface area contributed by atoms with Crippen LogP contribution >= 0.6 is 22.9 Å². The molecule has 30 heavy (non-hydrogen) atoms. The summed E-state index contributed by atoms with van der Waals surface area (Å²) >= 11 is 7.73. The number of carbonyl (C=O) groups is 1. The molecule has 2 aromatic carbocycles. The molecule has 3 aromatic rings. The summed E-state index contributed by atoms with van der Waals surface area (Å²) in [5, 5.41) is 2.76. The molecule has 0 N–H and O–H groups in total. The van der Waals surface area contributed by atoms with Crippen LogP contribution in [0.4, 0.5) is 0 Å². The maximum Gasteiger partial charge on any atom is 0.231 e. The standard InChI is InChI=1S/C24H20ClNO3S/c1-15-23-17(13-26(14-28-23)9-8-19-3-2-10-30-19)12-20-22(27)21(29-24(15)20)11-16-4-6-18(25)7-5-16/h2-7,10-12H,8-9,13-14H2,1H3/b21-11-. The third kappa shape index (κ3) is 3.65. The normalized spacial score (nSPS) is 16.9. The third-order valence-electron chi connectivity index (χ3n) is 5.42. The minimum Gasteiger partial charge on any atom is -0.477 e. The third-order valence-corrected chi connectivity index (χ3v) is 6.61. The van der Waals surface area contributed by atoms with Gasteiger partial charge in [0.15, 0.2) is 5.76 Å². The zero-order valence-corrected chi connectivity index (χ0v) is 18.1. The van der Waals surface area contributed by atoms with E-state index in [1.807, 2.05) is 25.1 Å². The van der Waals surface area contributed by atoms with Crippen LogP contribution < -0.4 is 9.47 Å². The van der Waals surface area contributed by atoms with Gasteiger partial charge in [-0.15, -0.1) is 11.3 Å². The Bertz CT molecular complexity index is 1140. The smallest absolute Gasteiger partial charge is 0.231 e. The summed E-state index contributed by atoms with van der Waals surface area (Å²) < 4.78 is 12.0. The van der Waals surface area contributed by atoms with Crippen molar-refractivity contribution >= 4 is 34.8 Å². The van der Waals surface area contributed by atoms with Crippen LogP contribution in [0.2, 0.25) is 5.02 Å². The Kier molecular flexibility index (Phi) is 5.11. The van der Waals surface area contributed by atoms with Gasteiger partial charge in [-0.2, -0.15) is 0 Å². The Morgan fingerprint density at radius 1 is 1.20 bits per heavy atom. The molecule has 0 amide bonds. The molecule has 2 aliphatic rings. The summed E-state index contributed by atoms with van der Waals surface area (Å²) in [7, 11) is 0. The number of fused-ring (bicyclic) bond motifs is 2. The lowest BCUT2D eigenvalue weighted by molar-refractivity contribution is 0.0956. The number of allylic oxidation sites excluding steroid dienone is 1. The van der Waals surface area contributed by atoms with Crippen molar-refractivity contribution in [2.45, 2.75) is 19.9 Å². The predicted octanol–water partition coefficient (Wildman–Crippen LogP) is 5.72. The number of hydrogen-bond acceptors (Lipinski definition) is 5. The summed E-state index contributed by atoms with van der Waals surface area (Å²) in [6, 6.07) is 13.5. The van der Waals surface area contributed by atoms with E-state index in [4.69, 9.17) is 21.1 Å². The van der Waals surface area contributed by atoms with Crippen LogP contribution in [-0.4, -0.2) is 24.0 Å². The van der Waals surface area contributed by atoms with Gasteiger partial charge in [-0.25, -0.2) is 0 Å².